The fourth-order valence-electron chi connectivity index (χ4n) is 6.86. The predicted molar refractivity (Wildman–Crippen MR) is 189 cm³/mol. The molecule has 3 unspecified atom stereocenters. The monoisotopic (exact) mass is 736 g/mol. The Morgan fingerprint density at radius 3 is 2.31 bits per heavy atom. The van der Waals surface area contributed by atoms with Crippen LogP contribution in [0.3, 0.4) is 0 Å². The van der Waals surface area contributed by atoms with E-state index in [1.165, 1.54) is 24.3 Å². The van der Waals surface area contributed by atoms with E-state index in [-0.39, 0.29) is 30.3 Å². The number of likely N-dealkylation sites (tertiary alicyclic amines) is 1. The van der Waals surface area contributed by atoms with E-state index in [1.807, 2.05) is 60.7 Å². The molecule has 0 aliphatic carbocycles. The van der Waals surface area contributed by atoms with Gasteiger partial charge in [0, 0.05) is 43.0 Å². The Labute approximate surface area is 300 Å². The molecule has 0 radical (unpaired) electrons. The Balaban J connectivity index is 1.57. The smallest absolute Gasteiger partial charge is 0.406 e. The van der Waals surface area contributed by atoms with Gasteiger partial charge in [0.2, 0.25) is 6.08 Å². The number of sulfone groups is 1. The zero-order chi connectivity index (χ0) is 37.3. The van der Waals surface area contributed by atoms with E-state index in [1.54, 1.807) is 30.3 Å². The Bertz CT molecular complexity index is 1960. The summed E-state index contributed by atoms with van der Waals surface area (Å²) in [5.41, 5.74) is 2.95. The molecule has 14 heteroatoms. The van der Waals surface area contributed by atoms with Crippen molar-refractivity contribution >= 4 is 21.8 Å². The van der Waals surface area contributed by atoms with Crippen molar-refractivity contribution in [1.82, 2.24) is 15.5 Å². The van der Waals surface area contributed by atoms with Gasteiger partial charge in [-0.1, -0.05) is 91.0 Å². The summed E-state index contributed by atoms with van der Waals surface area (Å²) in [5, 5.41) is 18.5. The zero-order valence-electron chi connectivity index (χ0n) is 28.2. The number of benzene rings is 4. The summed E-state index contributed by atoms with van der Waals surface area (Å²) < 4.78 is 67.4. The number of nitrogens with one attached hydrogen (secondary N) is 2. The lowest BCUT2D eigenvalue weighted by Gasteiger charge is -2.41. The minimum Gasteiger partial charge on any atom is -0.406 e. The number of hydrogen-bond donors (Lipinski definition) is 3. The van der Waals surface area contributed by atoms with E-state index in [0.717, 1.165) is 17.4 Å². The van der Waals surface area contributed by atoms with Crippen LogP contribution in [0.2, 0.25) is 0 Å². The minimum atomic E-state index is -4.84. The first-order valence-electron chi connectivity index (χ1n) is 16.5. The lowest BCUT2D eigenvalue weighted by molar-refractivity contribution is -0.274. The van der Waals surface area contributed by atoms with Gasteiger partial charge < -0.3 is 15.2 Å². The van der Waals surface area contributed by atoms with E-state index in [0.29, 0.717) is 24.0 Å². The Morgan fingerprint density at radius 2 is 1.63 bits per heavy atom. The number of isocyanates is 1. The normalized spacial score (nSPS) is 19.1. The number of aliphatic hydroxyl groups excluding tert-OH is 1. The van der Waals surface area contributed by atoms with Gasteiger partial charge in [-0.3, -0.25) is 15.0 Å². The molecule has 3 N–H and O–H groups in total. The van der Waals surface area contributed by atoms with Crippen LogP contribution < -0.4 is 15.4 Å². The molecule has 0 spiro atoms. The fourth-order valence-corrected chi connectivity index (χ4v) is 7.38. The molecule has 4 aromatic rings. The minimum absolute atomic E-state index is 0.0179. The third kappa shape index (κ3) is 10.4. The van der Waals surface area contributed by atoms with Gasteiger partial charge in [0.25, 0.3) is 5.91 Å². The number of carbonyl (C=O) groups is 1. The first-order valence-corrected chi connectivity index (χ1v) is 18.6. The first-order chi connectivity index (χ1) is 24.8. The first kappa shape index (κ1) is 38.5. The van der Waals surface area contributed by atoms with Crippen LogP contribution in [0.15, 0.2) is 114 Å². The van der Waals surface area contributed by atoms with Crippen molar-refractivity contribution in [2.24, 2.45) is 4.99 Å². The molecule has 10 nitrogen and oxygen atoms in total. The van der Waals surface area contributed by atoms with Crippen LogP contribution in [-0.4, -0.2) is 73.6 Å². The topological polar surface area (TPSA) is 137 Å². The van der Waals surface area contributed by atoms with Gasteiger partial charge in [0.1, 0.15) is 5.75 Å². The van der Waals surface area contributed by atoms with E-state index in [9.17, 15) is 36.3 Å². The van der Waals surface area contributed by atoms with Crippen LogP contribution in [0.25, 0.3) is 0 Å². The summed E-state index contributed by atoms with van der Waals surface area (Å²) in [7, 11) is -3.45. The van der Waals surface area contributed by atoms with E-state index >= 15 is 0 Å². The number of alkyl halides is 3. The van der Waals surface area contributed by atoms with E-state index in [2.05, 4.69) is 25.3 Å². The number of aliphatic imine (C=N–C) groups is 1. The van der Waals surface area contributed by atoms with E-state index in [4.69, 9.17) is 0 Å². The van der Waals surface area contributed by atoms with Crippen molar-refractivity contribution in [2.45, 2.75) is 56.0 Å². The summed E-state index contributed by atoms with van der Waals surface area (Å²) in [6.07, 6.45) is -2.83. The number of hydrogen-bond acceptors (Lipinski definition) is 9. The van der Waals surface area contributed by atoms with Gasteiger partial charge in [-0.15, -0.1) is 18.2 Å². The van der Waals surface area contributed by atoms with Crippen molar-refractivity contribution in [3.63, 3.8) is 0 Å². The molecule has 0 saturated carbocycles. The SMILES string of the molecule is CS(=O)(=O)CNC1CC(c2ccccc2C(=O)N=C=O)N([C@@H](Cc2ccccc2)[C@H](O)CNCc2cccc(OC(F)(F)F)c2)C1c1ccccc1. The predicted octanol–water partition coefficient (Wildman–Crippen LogP) is 5.27. The zero-order valence-corrected chi connectivity index (χ0v) is 29.1. The van der Waals surface area contributed by atoms with Gasteiger partial charge >= 0.3 is 6.36 Å². The summed E-state index contributed by atoms with van der Waals surface area (Å²) in [6, 6.07) is 29.0. The lowest BCUT2D eigenvalue weighted by atomic mass is 9.93. The highest BCUT2D eigenvalue weighted by molar-refractivity contribution is 7.90. The highest BCUT2D eigenvalue weighted by Gasteiger charge is 2.48. The Hall–Kier alpha value is -4.69. The number of aliphatic hydroxyl groups is 1. The molecule has 0 aromatic heterocycles. The fraction of sp³-hybridized carbons (Fsp3) is 0.316. The van der Waals surface area contributed by atoms with Gasteiger partial charge in [0.05, 0.1) is 18.0 Å². The van der Waals surface area contributed by atoms with Crippen LogP contribution in [-0.2, 0) is 27.6 Å². The quantitative estimate of drug-likeness (QED) is 0.110. The van der Waals surface area contributed by atoms with Gasteiger partial charge in [-0.25, -0.2) is 13.2 Å². The van der Waals surface area contributed by atoms with Gasteiger partial charge in [-0.2, -0.15) is 0 Å². The van der Waals surface area contributed by atoms with Gasteiger partial charge in [0.15, 0.2) is 9.84 Å². The van der Waals surface area contributed by atoms with Crippen molar-refractivity contribution in [3.8, 4) is 5.75 Å². The lowest BCUT2D eigenvalue weighted by Crippen LogP contribution is -2.51. The van der Waals surface area contributed by atoms with Crippen LogP contribution in [0, 0.1) is 0 Å². The summed E-state index contributed by atoms with van der Waals surface area (Å²) in [4.78, 5) is 29.7. The molecule has 1 amide bonds. The second kappa shape index (κ2) is 17.2. The molecule has 5 rings (SSSR count). The number of ether oxygens (including phenoxy) is 1. The molecule has 5 atom stereocenters. The van der Waals surface area contributed by atoms with E-state index < -0.39 is 52.4 Å². The maximum absolute atomic E-state index is 13.1. The molecule has 4 aromatic carbocycles. The number of rotatable bonds is 15. The standard InChI is InChI=1S/C38H39F3N4O6S/c1-52(49,50)25-44-32-21-33(30-17-8-9-18-31(30)37(48)43-24-46)45(36(32)28-14-6-3-7-15-28)34(20-26-11-4-2-5-12-26)35(47)23-42-22-27-13-10-16-29(19-27)51-38(39,40)41/h2-19,32-36,42,44,47H,20-23,25H2,1H3/t32?,33?,34-,35+,36?/m0/s1. The maximum Gasteiger partial charge on any atom is 0.573 e. The molecule has 274 valence electrons. The number of nitrogens with zero attached hydrogens (tertiary/aromatic N) is 2. The largest absolute Gasteiger partial charge is 0.573 e. The Morgan fingerprint density at radius 1 is 0.981 bits per heavy atom. The summed E-state index contributed by atoms with van der Waals surface area (Å²) >= 11 is 0. The van der Waals surface area contributed by atoms with Crippen molar-refractivity contribution < 1.29 is 41.0 Å². The molecule has 1 aliphatic heterocycles. The number of halogens is 3. The third-order valence-electron chi connectivity index (χ3n) is 8.92. The summed E-state index contributed by atoms with van der Waals surface area (Å²) in [5.74, 6) is -1.46. The van der Waals surface area contributed by atoms with Crippen molar-refractivity contribution in [2.75, 3.05) is 18.7 Å². The molecule has 52 heavy (non-hydrogen) atoms. The van der Waals surface area contributed by atoms with Crippen LogP contribution in [0.4, 0.5) is 13.2 Å². The van der Waals surface area contributed by atoms with Crippen molar-refractivity contribution in [1.29, 1.82) is 0 Å². The number of amides is 1. The molecule has 1 aliphatic rings. The van der Waals surface area contributed by atoms with Crippen LogP contribution in [0.5, 0.6) is 5.75 Å². The second-order valence-electron chi connectivity index (χ2n) is 12.7. The second-order valence-corrected chi connectivity index (χ2v) is 14.8. The molecule has 0 bridgehead atoms. The number of carbonyl (C=O) groups excluding carboxylic acids is 2. The highest BCUT2D eigenvalue weighted by atomic mass is 32.2. The molecule has 1 heterocycles. The average Bonchev–Trinajstić information content (AvgIpc) is 3.49. The molecular weight excluding hydrogens is 698 g/mol. The third-order valence-corrected chi connectivity index (χ3v) is 9.61. The molecular formula is C38H39F3N4O6S. The van der Waals surface area contributed by atoms with Gasteiger partial charge in [-0.05, 0) is 53.3 Å². The Kier molecular flexibility index (Phi) is 12.8. The highest BCUT2D eigenvalue weighted by Crippen LogP contribution is 2.47. The molecule has 1 fully saturated rings. The van der Waals surface area contributed by atoms with Crippen molar-refractivity contribution in [3.05, 3.63) is 137 Å². The summed E-state index contributed by atoms with van der Waals surface area (Å²) in [6.45, 7) is 0.138. The van der Waals surface area contributed by atoms with Crippen LogP contribution in [0.1, 0.15) is 51.1 Å². The average molecular weight is 737 g/mol. The molecule has 1 saturated heterocycles. The maximum atomic E-state index is 13.1. The van der Waals surface area contributed by atoms with Crippen LogP contribution >= 0.6 is 0 Å².